The van der Waals surface area contributed by atoms with E-state index in [4.69, 9.17) is 4.74 Å². The summed E-state index contributed by atoms with van der Waals surface area (Å²) in [4.78, 5) is 24.7. The SMILES string of the molecule is CCCCS(=O)(=O)CCOCn1cc(C)c(=O)[nH]c1=O. The van der Waals surface area contributed by atoms with Gasteiger partial charge in [-0.2, -0.15) is 0 Å². The molecule has 1 rings (SSSR count). The molecule has 0 saturated heterocycles. The summed E-state index contributed by atoms with van der Waals surface area (Å²) in [6.45, 7) is 3.44. The first-order valence-electron chi connectivity index (χ1n) is 6.44. The average Bonchev–Trinajstić information content (AvgIpc) is 2.38. The number of aromatic nitrogens is 2. The Balaban J connectivity index is 2.48. The molecule has 0 amide bonds. The number of aromatic amines is 1. The predicted octanol–water partition coefficient (Wildman–Crippen LogP) is 0.0340. The predicted molar refractivity (Wildman–Crippen MR) is 75.6 cm³/mol. The Hall–Kier alpha value is -1.41. The molecule has 0 saturated carbocycles. The fourth-order valence-corrected chi connectivity index (χ4v) is 2.83. The molecule has 1 N–H and O–H groups in total. The Morgan fingerprint density at radius 2 is 2.00 bits per heavy atom. The molecule has 0 fully saturated rings. The van der Waals surface area contributed by atoms with E-state index in [1.807, 2.05) is 6.92 Å². The number of aryl methyl sites for hydroxylation is 1. The Kier molecular flexibility index (Phi) is 6.15. The second-order valence-electron chi connectivity index (χ2n) is 4.58. The van der Waals surface area contributed by atoms with Crippen LogP contribution in [0.5, 0.6) is 0 Å². The molecule has 0 aliphatic carbocycles. The minimum Gasteiger partial charge on any atom is -0.360 e. The zero-order valence-corrected chi connectivity index (χ0v) is 12.5. The van der Waals surface area contributed by atoms with Crippen molar-refractivity contribution in [2.45, 2.75) is 33.4 Å². The van der Waals surface area contributed by atoms with Crippen LogP contribution in [0.25, 0.3) is 0 Å². The lowest BCUT2D eigenvalue weighted by Crippen LogP contribution is -2.31. The van der Waals surface area contributed by atoms with Crippen LogP contribution in [-0.2, 0) is 21.3 Å². The molecule has 1 heterocycles. The number of rotatable bonds is 8. The third-order valence-corrected chi connectivity index (χ3v) is 4.47. The van der Waals surface area contributed by atoms with Crippen LogP contribution in [0.4, 0.5) is 0 Å². The first-order valence-corrected chi connectivity index (χ1v) is 8.26. The lowest BCUT2D eigenvalue weighted by atomic mass is 10.4. The van der Waals surface area contributed by atoms with Gasteiger partial charge in [0.05, 0.1) is 18.1 Å². The summed E-state index contributed by atoms with van der Waals surface area (Å²) in [5.41, 5.74) is -0.619. The number of sulfone groups is 1. The smallest absolute Gasteiger partial charge is 0.330 e. The lowest BCUT2D eigenvalue weighted by molar-refractivity contribution is 0.0854. The standard InChI is InChI=1S/C12H20N2O5S/c1-3-4-6-20(17,18)7-5-19-9-14-8-10(2)11(15)13-12(14)16/h8H,3-7,9H2,1-2H3,(H,13,15,16). The largest absolute Gasteiger partial charge is 0.360 e. The Morgan fingerprint density at radius 1 is 1.30 bits per heavy atom. The minimum absolute atomic E-state index is 0.0245. The van der Waals surface area contributed by atoms with Gasteiger partial charge in [-0.05, 0) is 13.3 Å². The fraction of sp³-hybridized carbons (Fsp3) is 0.667. The molecule has 1 aromatic heterocycles. The van der Waals surface area contributed by atoms with Gasteiger partial charge < -0.3 is 4.74 Å². The zero-order valence-electron chi connectivity index (χ0n) is 11.7. The molecule has 8 heteroatoms. The summed E-state index contributed by atoms with van der Waals surface area (Å²) >= 11 is 0. The van der Waals surface area contributed by atoms with Crippen molar-refractivity contribution in [1.82, 2.24) is 9.55 Å². The maximum Gasteiger partial charge on any atom is 0.330 e. The number of ether oxygens (including phenoxy) is 1. The van der Waals surface area contributed by atoms with Crippen LogP contribution in [0.3, 0.4) is 0 Å². The molecule has 0 radical (unpaired) electrons. The van der Waals surface area contributed by atoms with E-state index >= 15 is 0 Å². The topological polar surface area (TPSA) is 98.2 Å². The number of hydrogen-bond acceptors (Lipinski definition) is 5. The molecular weight excluding hydrogens is 284 g/mol. The molecule has 1 aromatic rings. The van der Waals surface area contributed by atoms with Crippen LogP contribution < -0.4 is 11.2 Å². The number of unbranched alkanes of at least 4 members (excludes halogenated alkanes) is 1. The van der Waals surface area contributed by atoms with Gasteiger partial charge in [-0.25, -0.2) is 13.2 Å². The highest BCUT2D eigenvalue weighted by atomic mass is 32.2. The Labute approximate surface area is 117 Å². The Morgan fingerprint density at radius 3 is 2.65 bits per heavy atom. The van der Waals surface area contributed by atoms with Gasteiger partial charge >= 0.3 is 5.69 Å². The van der Waals surface area contributed by atoms with E-state index in [0.717, 1.165) is 6.42 Å². The average molecular weight is 304 g/mol. The normalized spacial score (nSPS) is 11.7. The van der Waals surface area contributed by atoms with Gasteiger partial charge in [0.15, 0.2) is 9.84 Å². The van der Waals surface area contributed by atoms with E-state index < -0.39 is 21.1 Å². The molecule has 0 aliphatic rings. The first kappa shape index (κ1) is 16.6. The maximum absolute atomic E-state index is 11.6. The van der Waals surface area contributed by atoms with E-state index in [1.165, 1.54) is 10.8 Å². The number of H-pyrrole nitrogens is 1. The summed E-state index contributed by atoms with van der Waals surface area (Å²) < 4.78 is 29.5. The van der Waals surface area contributed by atoms with Gasteiger partial charge in [-0.15, -0.1) is 0 Å². The summed E-state index contributed by atoms with van der Waals surface area (Å²) in [7, 11) is -3.09. The van der Waals surface area contributed by atoms with Gasteiger partial charge in [-0.3, -0.25) is 14.3 Å². The van der Waals surface area contributed by atoms with Crippen LogP contribution in [-0.4, -0.2) is 36.1 Å². The molecule has 0 unspecified atom stereocenters. The van der Waals surface area contributed by atoms with Crippen LogP contribution in [0, 0.1) is 6.92 Å². The van der Waals surface area contributed by atoms with E-state index in [-0.39, 0.29) is 24.8 Å². The molecule has 0 aromatic carbocycles. The number of nitrogens with zero attached hydrogens (tertiary/aromatic N) is 1. The van der Waals surface area contributed by atoms with Crippen LogP contribution in [0.15, 0.2) is 15.8 Å². The highest BCUT2D eigenvalue weighted by Gasteiger charge is 2.09. The van der Waals surface area contributed by atoms with Crippen molar-refractivity contribution >= 4 is 9.84 Å². The van der Waals surface area contributed by atoms with Crippen LogP contribution in [0.1, 0.15) is 25.3 Å². The van der Waals surface area contributed by atoms with Crippen molar-refractivity contribution in [2.75, 3.05) is 18.1 Å². The Bertz CT molecular complexity index is 645. The van der Waals surface area contributed by atoms with Crippen molar-refractivity contribution in [1.29, 1.82) is 0 Å². The van der Waals surface area contributed by atoms with Crippen molar-refractivity contribution in [3.05, 3.63) is 32.6 Å². The monoisotopic (exact) mass is 304 g/mol. The molecular formula is C12H20N2O5S. The summed E-state index contributed by atoms with van der Waals surface area (Å²) in [5.74, 6) is 0.0919. The third-order valence-electron chi connectivity index (χ3n) is 2.77. The zero-order chi connectivity index (χ0) is 15.2. The van der Waals surface area contributed by atoms with Crippen molar-refractivity contribution < 1.29 is 13.2 Å². The van der Waals surface area contributed by atoms with Gasteiger partial charge in [0.2, 0.25) is 0 Å². The van der Waals surface area contributed by atoms with Gasteiger partial charge in [0.25, 0.3) is 5.56 Å². The molecule has 0 atom stereocenters. The van der Waals surface area contributed by atoms with Crippen LogP contribution in [0.2, 0.25) is 0 Å². The molecule has 0 aliphatic heterocycles. The summed E-state index contributed by atoms with van der Waals surface area (Å²) in [6, 6.07) is 0. The van der Waals surface area contributed by atoms with Crippen LogP contribution >= 0.6 is 0 Å². The van der Waals surface area contributed by atoms with Gasteiger partial charge in [-0.1, -0.05) is 13.3 Å². The van der Waals surface area contributed by atoms with Crippen molar-refractivity contribution in [2.24, 2.45) is 0 Å². The summed E-state index contributed by atoms with van der Waals surface area (Å²) in [5, 5.41) is 0. The summed E-state index contributed by atoms with van der Waals surface area (Å²) in [6.07, 6.45) is 2.85. The molecule has 20 heavy (non-hydrogen) atoms. The maximum atomic E-state index is 11.6. The molecule has 7 nitrogen and oxygen atoms in total. The number of hydrogen-bond donors (Lipinski definition) is 1. The van der Waals surface area contributed by atoms with E-state index in [9.17, 15) is 18.0 Å². The minimum atomic E-state index is -3.09. The second-order valence-corrected chi connectivity index (χ2v) is 6.89. The molecule has 0 bridgehead atoms. The van der Waals surface area contributed by atoms with E-state index in [1.54, 1.807) is 6.92 Å². The van der Waals surface area contributed by atoms with Gasteiger partial charge in [0.1, 0.15) is 6.73 Å². The fourth-order valence-electron chi connectivity index (χ4n) is 1.53. The molecule has 114 valence electrons. The van der Waals surface area contributed by atoms with E-state index in [0.29, 0.717) is 12.0 Å². The van der Waals surface area contributed by atoms with Gasteiger partial charge in [0, 0.05) is 11.8 Å². The van der Waals surface area contributed by atoms with Crippen molar-refractivity contribution in [3.63, 3.8) is 0 Å². The van der Waals surface area contributed by atoms with E-state index in [2.05, 4.69) is 4.98 Å². The highest BCUT2D eigenvalue weighted by molar-refractivity contribution is 7.91. The molecule has 0 spiro atoms. The second kappa shape index (κ2) is 7.39. The van der Waals surface area contributed by atoms with Crippen molar-refractivity contribution in [3.8, 4) is 0 Å². The lowest BCUT2D eigenvalue weighted by Gasteiger charge is -2.08. The highest BCUT2D eigenvalue weighted by Crippen LogP contribution is 1.97. The quantitative estimate of drug-likeness (QED) is 0.683. The third kappa shape index (κ3) is 5.30. The number of nitrogens with one attached hydrogen (secondary N) is 1. The first-order chi connectivity index (χ1) is 9.35.